The standard InChI is InChI=1S/C48H33N3/c1-48(2)42-19-11-10-18-39(42)43-41(29-36-23-22-35(28-40(36)44(43)48)30-12-4-3-5-13-30)47-50-45(37-24-20-31-14-6-8-16-33(31)26-37)49-46(51-47)38-25-21-32-15-7-9-17-34(32)27-38/h3-29H,1-2H3. The molecule has 0 bridgehead atoms. The van der Waals surface area contributed by atoms with Crippen LogP contribution < -0.4 is 0 Å². The molecule has 8 aromatic carbocycles. The molecule has 0 saturated carbocycles. The van der Waals surface area contributed by atoms with E-state index in [1.807, 2.05) is 0 Å². The topological polar surface area (TPSA) is 38.7 Å². The number of hydrogen-bond acceptors (Lipinski definition) is 3. The summed E-state index contributed by atoms with van der Waals surface area (Å²) in [4.78, 5) is 15.8. The summed E-state index contributed by atoms with van der Waals surface area (Å²) >= 11 is 0. The number of aromatic nitrogens is 3. The fourth-order valence-electron chi connectivity index (χ4n) is 8.10. The molecular weight excluding hydrogens is 619 g/mol. The van der Waals surface area contributed by atoms with Gasteiger partial charge in [0.25, 0.3) is 0 Å². The van der Waals surface area contributed by atoms with Gasteiger partial charge in [-0.15, -0.1) is 0 Å². The molecule has 9 aromatic rings. The number of rotatable bonds is 4. The first-order chi connectivity index (χ1) is 25.0. The van der Waals surface area contributed by atoms with Crippen molar-refractivity contribution in [1.82, 2.24) is 15.0 Å². The number of nitrogens with zero attached hydrogens (tertiary/aromatic N) is 3. The number of fused-ring (bicyclic) bond motifs is 7. The summed E-state index contributed by atoms with van der Waals surface area (Å²) in [6, 6.07) is 58.4. The molecule has 240 valence electrons. The first-order valence-electron chi connectivity index (χ1n) is 17.5. The summed E-state index contributed by atoms with van der Waals surface area (Å²) in [5.74, 6) is 1.99. The molecule has 0 saturated heterocycles. The lowest BCUT2D eigenvalue weighted by Gasteiger charge is -2.24. The predicted octanol–water partition coefficient (Wildman–Crippen LogP) is 12.3. The summed E-state index contributed by atoms with van der Waals surface area (Å²) < 4.78 is 0. The SMILES string of the molecule is CC1(C)c2ccccc2-c2c(-c3nc(-c4ccc5ccccc5c4)nc(-c4ccc5ccccc5c4)n3)cc3ccc(-c4ccccc4)cc3c21. The highest BCUT2D eigenvalue weighted by atomic mass is 15.0. The minimum absolute atomic E-state index is 0.231. The second kappa shape index (κ2) is 11.3. The van der Waals surface area contributed by atoms with Crippen LogP contribution in [0.1, 0.15) is 25.0 Å². The molecule has 0 spiro atoms. The molecule has 3 heteroatoms. The van der Waals surface area contributed by atoms with Crippen molar-refractivity contribution >= 4 is 32.3 Å². The molecule has 1 heterocycles. The van der Waals surface area contributed by atoms with Crippen LogP contribution in [0.15, 0.2) is 164 Å². The van der Waals surface area contributed by atoms with Gasteiger partial charge in [0.15, 0.2) is 17.5 Å². The smallest absolute Gasteiger partial charge is 0.164 e. The van der Waals surface area contributed by atoms with Crippen molar-refractivity contribution in [3.05, 3.63) is 175 Å². The molecule has 1 aliphatic rings. The van der Waals surface area contributed by atoms with E-state index in [9.17, 15) is 0 Å². The quantitative estimate of drug-likeness (QED) is 0.190. The summed E-state index contributed by atoms with van der Waals surface area (Å²) in [7, 11) is 0. The van der Waals surface area contributed by atoms with Crippen LogP contribution in [-0.4, -0.2) is 15.0 Å². The molecule has 0 aliphatic heterocycles. The molecule has 10 rings (SSSR count). The third-order valence-corrected chi connectivity index (χ3v) is 10.6. The molecule has 0 N–H and O–H groups in total. The Labute approximate surface area is 297 Å². The van der Waals surface area contributed by atoms with Gasteiger partial charge in [0.1, 0.15) is 0 Å². The van der Waals surface area contributed by atoms with Gasteiger partial charge in [-0.05, 0) is 90.0 Å². The van der Waals surface area contributed by atoms with Crippen LogP contribution in [0.4, 0.5) is 0 Å². The van der Waals surface area contributed by atoms with Gasteiger partial charge in [-0.1, -0.05) is 153 Å². The molecule has 1 aromatic heterocycles. The van der Waals surface area contributed by atoms with Gasteiger partial charge in [-0.3, -0.25) is 0 Å². The molecule has 0 amide bonds. The molecule has 1 aliphatic carbocycles. The summed E-state index contributed by atoms with van der Waals surface area (Å²) in [5.41, 5.74) is 10.2. The van der Waals surface area contributed by atoms with Gasteiger partial charge < -0.3 is 0 Å². The number of benzene rings is 8. The van der Waals surface area contributed by atoms with Crippen LogP contribution >= 0.6 is 0 Å². The number of hydrogen-bond donors (Lipinski definition) is 0. The van der Waals surface area contributed by atoms with E-state index in [0.717, 1.165) is 27.5 Å². The molecule has 0 radical (unpaired) electrons. The molecule has 0 fully saturated rings. The monoisotopic (exact) mass is 651 g/mol. The third-order valence-electron chi connectivity index (χ3n) is 10.6. The zero-order chi connectivity index (χ0) is 34.1. The molecule has 0 atom stereocenters. The maximum absolute atomic E-state index is 5.32. The van der Waals surface area contributed by atoms with E-state index in [2.05, 4.69) is 178 Å². The van der Waals surface area contributed by atoms with Crippen molar-refractivity contribution in [2.75, 3.05) is 0 Å². The first kappa shape index (κ1) is 29.5. The van der Waals surface area contributed by atoms with Crippen molar-refractivity contribution in [3.63, 3.8) is 0 Å². The molecule has 51 heavy (non-hydrogen) atoms. The van der Waals surface area contributed by atoms with Gasteiger partial charge in [-0.25, -0.2) is 15.0 Å². The van der Waals surface area contributed by atoms with E-state index in [4.69, 9.17) is 15.0 Å². The summed E-state index contributed by atoms with van der Waals surface area (Å²) in [6.45, 7) is 4.70. The molecular formula is C48H33N3. The van der Waals surface area contributed by atoms with E-state index < -0.39 is 0 Å². The van der Waals surface area contributed by atoms with Crippen LogP contribution in [0.5, 0.6) is 0 Å². The van der Waals surface area contributed by atoms with Crippen LogP contribution in [0.25, 0.3) is 88.7 Å². The second-order valence-electron chi connectivity index (χ2n) is 14.1. The Hall–Kier alpha value is -6.45. The van der Waals surface area contributed by atoms with E-state index in [0.29, 0.717) is 17.5 Å². The van der Waals surface area contributed by atoms with Gasteiger partial charge in [-0.2, -0.15) is 0 Å². The Morgan fingerprint density at radius 1 is 0.373 bits per heavy atom. The lowest BCUT2D eigenvalue weighted by Crippen LogP contribution is -2.15. The zero-order valence-corrected chi connectivity index (χ0v) is 28.4. The Balaban J connectivity index is 1.27. The summed E-state index contributed by atoms with van der Waals surface area (Å²) in [6.07, 6.45) is 0. The van der Waals surface area contributed by atoms with Crippen molar-refractivity contribution < 1.29 is 0 Å². The lowest BCUT2D eigenvalue weighted by molar-refractivity contribution is 0.666. The van der Waals surface area contributed by atoms with Crippen LogP contribution in [0, 0.1) is 0 Å². The van der Waals surface area contributed by atoms with E-state index in [-0.39, 0.29) is 5.41 Å². The average Bonchev–Trinajstić information content (AvgIpc) is 3.44. The maximum atomic E-state index is 5.32. The van der Waals surface area contributed by atoms with Crippen LogP contribution in [0.2, 0.25) is 0 Å². The first-order valence-corrected chi connectivity index (χ1v) is 17.5. The average molecular weight is 652 g/mol. The molecule has 0 unspecified atom stereocenters. The minimum atomic E-state index is -0.231. The van der Waals surface area contributed by atoms with Crippen LogP contribution in [0.3, 0.4) is 0 Å². The van der Waals surface area contributed by atoms with Gasteiger partial charge >= 0.3 is 0 Å². The summed E-state index contributed by atoms with van der Waals surface area (Å²) in [5, 5.41) is 7.11. The van der Waals surface area contributed by atoms with Gasteiger partial charge in [0.2, 0.25) is 0 Å². The van der Waals surface area contributed by atoms with Gasteiger partial charge in [0, 0.05) is 22.1 Å². The van der Waals surface area contributed by atoms with E-state index in [1.165, 1.54) is 54.9 Å². The Bertz CT molecular complexity index is 2740. The predicted molar refractivity (Wildman–Crippen MR) is 212 cm³/mol. The highest BCUT2D eigenvalue weighted by Crippen LogP contribution is 2.55. The Morgan fingerprint density at radius 3 is 1.57 bits per heavy atom. The van der Waals surface area contributed by atoms with Crippen LogP contribution in [-0.2, 0) is 5.41 Å². The third kappa shape index (κ3) is 4.77. The molecule has 3 nitrogen and oxygen atoms in total. The van der Waals surface area contributed by atoms with E-state index in [1.54, 1.807) is 0 Å². The second-order valence-corrected chi connectivity index (χ2v) is 14.1. The van der Waals surface area contributed by atoms with Gasteiger partial charge in [0.05, 0.1) is 0 Å². The minimum Gasteiger partial charge on any atom is -0.208 e. The van der Waals surface area contributed by atoms with Crippen molar-refractivity contribution in [3.8, 4) is 56.4 Å². The fraction of sp³-hybridized carbons (Fsp3) is 0.0625. The highest BCUT2D eigenvalue weighted by Gasteiger charge is 2.39. The lowest BCUT2D eigenvalue weighted by atomic mass is 9.79. The Morgan fingerprint density at radius 2 is 0.902 bits per heavy atom. The van der Waals surface area contributed by atoms with Crippen molar-refractivity contribution in [1.29, 1.82) is 0 Å². The maximum Gasteiger partial charge on any atom is 0.164 e. The zero-order valence-electron chi connectivity index (χ0n) is 28.4. The normalized spacial score (nSPS) is 13.1. The largest absolute Gasteiger partial charge is 0.208 e. The highest BCUT2D eigenvalue weighted by molar-refractivity contribution is 6.05. The van der Waals surface area contributed by atoms with E-state index >= 15 is 0 Å². The Kier molecular flexibility index (Phi) is 6.53. The van der Waals surface area contributed by atoms with Crippen molar-refractivity contribution in [2.45, 2.75) is 19.3 Å². The van der Waals surface area contributed by atoms with Crippen molar-refractivity contribution in [2.24, 2.45) is 0 Å². The fourth-order valence-corrected chi connectivity index (χ4v) is 8.10.